The highest BCUT2D eigenvalue weighted by molar-refractivity contribution is 8.19. The molecule has 4 nitrogen and oxygen atoms in total. The highest BCUT2D eigenvalue weighted by Crippen LogP contribution is 2.37. The average molecular weight is 296 g/mol. The van der Waals surface area contributed by atoms with Gasteiger partial charge in [-0.15, -0.1) is 23.5 Å². The monoisotopic (exact) mass is 296 g/mol. The Bertz CT molecular complexity index is 236. The predicted molar refractivity (Wildman–Crippen MR) is 79.5 cm³/mol. The van der Waals surface area contributed by atoms with Gasteiger partial charge in [-0.1, -0.05) is 20.8 Å². The van der Waals surface area contributed by atoms with Gasteiger partial charge < -0.3 is 10.2 Å². The third kappa shape index (κ3) is 10.8. The minimum atomic E-state index is -0.745. The SMILES string of the molecule is CCC(=O)O.CCCSC(C)(SCCC)C(=O)O. The highest BCUT2D eigenvalue weighted by atomic mass is 32.2. The van der Waals surface area contributed by atoms with Crippen molar-refractivity contribution in [3.05, 3.63) is 0 Å². The molecule has 0 saturated heterocycles. The lowest BCUT2D eigenvalue weighted by molar-refractivity contribution is -0.137. The zero-order valence-electron chi connectivity index (χ0n) is 11.6. The first kappa shape index (κ1) is 20.0. The number of carboxylic acids is 2. The van der Waals surface area contributed by atoms with Gasteiger partial charge in [-0.3, -0.25) is 4.79 Å². The molecule has 0 aliphatic rings. The van der Waals surface area contributed by atoms with E-state index in [1.54, 1.807) is 13.8 Å². The number of thioether (sulfide) groups is 2. The molecule has 0 rings (SSSR count). The van der Waals surface area contributed by atoms with Crippen LogP contribution in [0, 0.1) is 0 Å². The summed E-state index contributed by atoms with van der Waals surface area (Å²) in [6, 6.07) is 0. The van der Waals surface area contributed by atoms with E-state index in [-0.39, 0.29) is 6.42 Å². The van der Waals surface area contributed by atoms with Crippen molar-refractivity contribution in [3.63, 3.8) is 0 Å². The number of carboxylic acid groups (broad SMARTS) is 2. The normalized spacial score (nSPS) is 10.4. The first-order valence-corrected chi connectivity index (χ1v) is 8.04. The summed E-state index contributed by atoms with van der Waals surface area (Å²) in [4.78, 5) is 20.4. The van der Waals surface area contributed by atoms with Crippen LogP contribution in [0.2, 0.25) is 0 Å². The van der Waals surface area contributed by atoms with Crippen LogP contribution in [-0.4, -0.2) is 37.7 Å². The Morgan fingerprint density at radius 3 is 1.50 bits per heavy atom. The number of rotatable bonds is 8. The Morgan fingerprint density at radius 1 is 1.00 bits per heavy atom. The molecule has 0 unspecified atom stereocenters. The molecular weight excluding hydrogens is 272 g/mol. The number of hydrogen-bond donors (Lipinski definition) is 2. The summed E-state index contributed by atoms with van der Waals surface area (Å²) >= 11 is 3.07. The molecule has 0 spiro atoms. The van der Waals surface area contributed by atoms with Crippen molar-refractivity contribution >= 4 is 35.5 Å². The quantitative estimate of drug-likeness (QED) is 0.667. The molecule has 0 amide bonds. The standard InChI is InChI=1S/C9H18O2S2.C3H6O2/c1-4-6-12-9(3,8(10)11)13-7-5-2;1-2-3(4)5/h4-7H2,1-3H3,(H,10,11);2H2,1H3,(H,4,5). The van der Waals surface area contributed by atoms with Crippen LogP contribution in [0.25, 0.3) is 0 Å². The van der Waals surface area contributed by atoms with Crippen molar-refractivity contribution in [2.24, 2.45) is 0 Å². The minimum absolute atomic E-state index is 0.222. The summed E-state index contributed by atoms with van der Waals surface area (Å²) in [6.45, 7) is 7.54. The molecule has 0 aromatic rings. The Balaban J connectivity index is 0. The van der Waals surface area contributed by atoms with Gasteiger partial charge in [-0.05, 0) is 31.3 Å². The zero-order valence-corrected chi connectivity index (χ0v) is 13.2. The van der Waals surface area contributed by atoms with Crippen LogP contribution in [0.4, 0.5) is 0 Å². The summed E-state index contributed by atoms with van der Waals surface area (Å²) in [7, 11) is 0. The second kappa shape index (κ2) is 11.7. The molecule has 0 atom stereocenters. The van der Waals surface area contributed by atoms with Gasteiger partial charge in [0.15, 0.2) is 4.08 Å². The lowest BCUT2D eigenvalue weighted by Crippen LogP contribution is -2.28. The topological polar surface area (TPSA) is 74.6 Å². The van der Waals surface area contributed by atoms with Crippen LogP contribution in [0.1, 0.15) is 47.0 Å². The molecule has 0 aromatic carbocycles. The Kier molecular flexibility index (Phi) is 13.0. The molecule has 0 heterocycles. The Hall–Kier alpha value is -0.360. The summed E-state index contributed by atoms with van der Waals surface area (Å²) in [5, 5.41) is 16.8. The van der Waals surface area contributed by atoms with Crippen molar-refractivity contribution in [1.82, 2.24) is 0 Å². The molecule has 0 radical (unpaired) electrons. The molecule has 108 valence electrons. The fourth-order valence-corrected chi connectivity index (χ4v) is 3.03. The number of carbonyl (C=O) groups is 2. The second-order valence-corrected chi connectivity index (χ2v) is 6.98. The van der Waals surface area contributed by atoms with Gasteiger partial charge >= 0.3 is 11.9 Å². The molecule has 0 aliphatic carbocycles. The molecule has 6 heteroatoms. The fourth-order valence-electron chi connectivity index (χ4n) is 0.759. The van der Waals surface area contributed by atoms with E-state index in [0.29, 0.717) is 0 Å². The lowest BCUT2D eigenvalue weighted by atomic mass is 10.5. The Morgan fingerprint density at radius 2 is 1.33 bits per heavy atom. The maximum absolute atomic E-state index is 11.0. The molecule has 0 bridgehead atoms. The van der Waals surface area contributed by atoms with E-state index in [4.69, 9.17) is 10.2 Å². The van der Waals surface area contributed by atoms with E-state index in [1.807, 2.05) is 0 Å². The van der Waals surface area contributed by atoms with Crippen molar-refractivity contribution in [1.29, 1.82) is 0 Å². The summed E-state index contributed by atoms with van der Waals surface area (Å²) < 4.78 is -0.647. The van der Waals surface area contributed by atoms with Crippen molar-refractivity contribution in [2.45, 2.75) is 51.0 Å². The molecule has 0 aromatic heterocycles. The van der Waals surface area contributed by atoms with Gasteiger partial charge in [0.2, 0.25) is 0 Å². The largest absolute Gasteiger partial charge is 0.481 e. The van der Waals surface area contributed by atoms with E-state index in [0.717, 1.165) is 24.3 Å². The molecule has 0 saturated carbocycles. The van der Waals surface area contributed by atoms with Crippen molar-refractivity contribution in [2.75, 3.05) is 11.5 Å². The predicted octanol–water partition coefficient (Wildman–Crippen LogP) is 3.55. The van der Waals surface area contributed by atoms with Crippen LogP contribution in [0.5, 0.6) is 0 Å². The second-order valence-electron chi connectivity index (χ2n) is 3.70. The maximum atomic E-state index is 11.0. The van der Waals surface area contributed by atoms with Crippen molar-refractivity contribution in [3.8, 4) is 0 Å². The lowest BCUT2D eigenvalue weighted by Gasteiger charge is -2.22. The van der Waals surface area contributed by atoms with E-state index in [9.17, 15) is 9.59 Å². The van der Waals surface area contributed by atoms with Gasteiger partial charge in [-0.25, -0.2) is 4.79 Å². The maximum Gasteiger partial charge on any atom is 0.329 e. The summed E-state index contributed by atoms with van der Waals surface area (Å²) in [5.41, 5.74) is 0. The highest BCUT2D eigenvalue weighted by Gasteiger charge is 2.33. The number of aliphatic carboxylic acids is 2. The van der Waals surface area contributed by atoms with Crippen LogP contribution in [-0.2, 0) is 9.59 Å². The minimum Gasteiger partial charge on any atom is -0.481 e. The average Bonchev–Trinajstić information content (AvgIpc) is 2.34. The van der Waals surface area contributed by atoms with Gasteiger partial charge in [0.05, 0.1) is 0 Å². The smallest absolute Gasteiger partial charge is 0.329 e. The van der Waals surface area contributed by atoms with Gasteiger partial charge in [0.25, 0.3) is 0 Å². The van der Waals surface area contributed by atoms with E-state index >= 15 is 0 Å². The molecule has 0 fully saturated rings. The van der Waals surface area contributed by atoms with Gasteiger partial charge in [-0.2, -0.15) is 0 Å². The van der Waals surface area contributed by atoms with Crippen LogP contribution >= 0.6 is 23.5 Å². The summed E-state index contributed by atoms with van der Waals surface area (Å²) in [5.74, 6) is 0.383. The number of hydrogen-bond acceptors (Lipinski definition) is 4. The van der Waals surface area contributed by atoms with Crippen LogP contribution in [0.3, 0.4) is 0 Å². The van der Waals surface area contributed by atoms with Crippen LogP contribution in [0.15, 0.2) is 0 Å². The Labute approximate surface area is 118 Å². The molecular formula is C12H24O4S2. The van der Waals surface area contributed by atoms with E-state index in [1.165, 1.54) is 23.5 Å². The van der Waals surface area contributed by atoms with Crippen molar-refractivity contribution < 1.29 is 19.8 Å². The summed E-state index contributed by atoms with van der Waals surface area (Å²) in [6.07, 6.45) is 2.28. The first-order chi connectivity index (χ1) is 8.33. The van der Waals surface area contributed by atoms with Gasteiger partial charge in [0, 0.05) is 6.42 Å². The first-order valence-electron chi connectivity index (χ1n) is 6.07. The van der Waals surface area contributed by atoms with Gasteiger partial charge in [0.1, 0.15) is 0 Å². The fraction of sp³-hybridized carbons (Fsp3) is 0.833. The molecule has 18 heavy (non-hydrogen) atoms. The van der Waals surface area contributed by atoms with Crippen LogP contribution < -0.4 is 0 Å². The molecule has 0 aliphatic heterocycles. The molecule has 2 N–H and O–H groups in total. The third-order valence-corrected chi connectivity index (χ3v) is 5.24. The third-order valence-electron chi connectivity index (χ3n) is 1.85. The van der Waals surface area contributed by atoms with E-state index in [2.05, 4.69) is 13.8 Å². The zero-order chi connectivity index (χ0) is 14.6. The van der Waals surface area contributed by atoms with E-state index < -0.39 is 16.0 Å².